The zero-order valence-electron chi connectivity index (χ0n) is 19.6. The summed E-state index contributed by atoms with van der Waals surface area (Å²) in [5.74, 6) is 1.40. The van der Waals surface area contributed by atoms with Crippen LogP contribution in [0.5, 0.6) is 0 Å². The second-order valence-electron chi connectivity index (χ2n) is 9.81. The number of hydrogen-bond acceptors (Lipinski definition) is 3. The maximum Gasteiger partial charge on any atom is 0.0654 e. The number of allylic oxidation sites excluding steroid dienone is 2. The van der Waals surface area contributed by atoms with E-state index in [1.807, 2.05) is 6.92 Å². The summed E-state index contributed by atoms with van der Waals surface area (Å²) in [6.07, 6.45) is 17.6. The Labute approximate surface area is 180 Å². The van der Waals surface area contributed by atoms with Crippen molar-refractivity contribution in [1.29, 1.82) is 0 Å². The molecule has 29 heavy (non-hydrogen) atoms. The van der Waals surface area contributed by atoms with Gasteiger partial charge in [-0.1, -0.05) is 63.8 Å². The molecule has 0 aliphatic heterocycles. The van der Waals surface area contributed by atoms with Gasteiger partial charge in [0.25, 0.3) is 0 Å². The molecule has 0 aromatic heterocycles. The first-order valence-electron chi connectivity index (χ1n) is 12.4. The Kier molecular flexibility index (Phi) is 10.4. The lowest BCUT2D eigenvalue weighted by Gasteiger charge is -2.22. The van der Waals surface area contributed by atoms with Crippen LogP contribution in [0.15, 0.2) is 23.8 Å². The van der Waals surface area contributed by atoms with E-state index in [1.54, 1.807) is 5.57 Å². The summed E-state index contributed by atoms with van der Waals surface area (Å²) >= 11 is 0. The molecule has 3 nitrogen and oxygen atoms in total. The van der Waals surface area contributed by atoms with Crippen LogP contribution in [0, 0.1) is 17.8 Å². The van der Waals surface area contributed by atoms with Crippen LogP contribution in [0.3, 0.4) is 0 Å². The molecular formula is C26H47NO2. The minimum absolute atomic E-state index is 0.214. The van der Waals surface area contributed by atoms with Crippen LogP contribution in [0.4, 0.5) is 0 Å². The van der Waals surface area contributed by atoms with Crippen molar-refractivity contribution in [1.82, 2.24) is 4.90 Å². The lowest BCUT2D eigenvalue weighted by Crippen LogP contribution is -2.23. The van der Waals surface area contributed by atoms with E-state index < -0.39 is 5.60 Å². The summed E-state index contributed by atoms with van der Waals surface area (Å²) in [6.45, 7) is 12.2. The summed E-state index contributed by atoms with van der Waals surface area (Å²) in [5, 5.41) is 21.0. The highest BCUT2D eigenvalue weighted by molar-refractivity contribution is 5.20. The molecule has 1 saturated carbocycles. The fourth-order valence-corrected chi connectivity index (χ4v) is 5.33. The highest BCUT2D eigenvalue weighted by Crippen LogP contribution is 2.48. The van der Waals surface area contributed by atoms with E-state index in [9.17, 15) is 10.2 Å². The van der Waals surface area contributed by atoms with Crippen LogP contribution in [-0.4, -0.2) is 46.5 Å². The minimum atomic E-state index is -0.611. The van der Waals surface area contributed by atoms with Gasteiger partial charge < -0.3 is 15.1 Å². The molecule has 2 rings (SSSR count). The van der Waals surface area contributed by atoms with Gasteiger partial charge in [-0.3, -0.25) is 0 Å². The van der Waals surface area contributed by atoms with Crippen LogP contribution in [0.1, 0.15) is 91.9 Å². The summed E-state index contributed by atoms with van der Waals surface area (Å²) in [4.78, 5) is 2.51. The van der Waals surface area contributed by atoms with Crippen LogP contribution in [0.2, 0.25) is 0 Å². The van der Waals surface area contributed by atoms with Crippen molar-refractivity contribution in [3.63, 3.8) is 0 Å². The van der Waals surface area contributed by atoms with Crippen LogP contribution in [-0.2, 0) is 0 Å². The molecule has 5 atom stereocenters. The van der Waals surface area contributed by atoms with Gasteiger partial charge in [-0.05, 0) is 83.3 Å². The van der Waals surface area contributed by atoms with E-state index in [4.69, 9.17) is 0 Å². The normalized spacial score (nSPS) is 28.9. The third kappa shape index (κ3) is 7.84. The molecule has 0 bridgehead atoms. The molecule has 1 fully saturated rings. The zero-order chi connectivity index (χ0) is 21.3. The molecular weight excluding hydrogens is 358 g/mol. The quantitative estimate of drug-likeness (QED) is 0.287. The Morgan fingerprint density at radius 2 is 1.90 bits per heavy atom. The summed E-state index contributed by atoms with van der Waals surface area (Å²) < 4.78 is 0. The van der Waals surface area contributed by atoms with Crippen molar-refractivity contribution in [3.05, 3.63) is 23.8 Å². The van der Waals surface area contributed by atoms with Gasteiger partial charge in [0.05, 0.1) is 11.7 Å². The average molecular weight is 406 g/mol. The fourth-order valence-electron chi connectivity index (χ4n) is 5.33. The predicted octanol–water partition coefficient (Wildman–Crippen LogP) is 5.72. The van der Waals surface area contributed by atoms with E-state index >= 15 is 0 Å². The van der Waals surface area contributed by atoms with Gasteiger partial charge in [-0.25, -0.2) is 0 Å². The van der Waals surface area contributed by atoms with Crippen molar-refractivity contribution in [2.24, 2.45) is 17.8 Å². The lowest BCUT2D eigenvalue weighted by molar-refractivity contribution is 0.0513. The standard InChI is InChI=1S/C26H47NO2/c1-5-8-15-26(4,29)16-12-14-23-24-19-21(18-22(24)20-25(23)28)13-10-9-11-17-27(6-2)7-3/h12,14,18,22-25,28-29H,5-11,13,15-17,19-20H2,1-4H3/b14-12+/t22-,23+,24-,25+,26-/m0/s1. The van der Waals surface area contributed by atoms with E-state index in [0.717, 1.165) is 38.8 Å². The number of aliphatic hydroxyl groups is 2. The van der Waals surface area contributed by atoms with Crippen molar-refractivity contribution in [3.8, 4) is 0 Å². The summed E-state index contributed by atoms with van der Waals surface area (Å²) in [7, 11) is 0. The predicted molar refractivity (Wildman–Crippen MR) is 124 cm³/mol. The molecule has 0 radical (unpaired) electrons. The molecule has 0 unspecified atom stereocenters. The first-order chi connectivity index (χ1) is 13.9. The number of nitrogens with zero attached hydrogens (tertiary/aromatic N) is 1. The molecule has 0 aromatic rings. The van der Waals surface area contributed by atoms with Gasteiger partial charge in [-0.15, -0.1) is 0 Å². The number of fused-ring (bicyclic) bond motifs is 1. The van der Waals surface area contributed by atoms with Gasteiger partial charge in [0.15, 0.2) is 0 Å². The van der Waals surface area contributed by atoms with E-state index in [0.29, 0.717) is 18.3 Å². The molecule has 0 saturated heterocycles. The van der Waals surface area contributed by atoms with Gasteiger partial charge in [0, 0.05) is 5.92 Å². The van der Waals surface area contributed by atoms with Crippen molar-refractivity contribution in [2.45, 2.75) is 104 Å². The first kappa shape index (κ1) is 24.6. The van der Waals surface area contributed by atoms with E-state index in [1.165, 1.54) is 38.6 Å². The molecule has 3 heteroatoms. The zero-order valence-corrected chi connectivity index (χ0v) is 19.6. The van der Waals surface area contributed by atoms with E-state index in [-0.39, 0.29) is 12.0 Å². The smallest absolute Gasteiger partial charge is 0.0654 e. The molecule has 168 valence electrons. The Balaban J connectivity index is 1.73. The molecule has 0 spiro atoms. The average Bonchev–Trinajstić information content (AvgIpc) is 3.20. The maximum atomic E-state index is 10.5. The van der Waals surface area contributed by atoms with Crippen LogP contribution in [0.25, 0.3) is 0 Å². The largest absolute Gasteiger partial charge is 0.392 e. The lowest BCUT2D eigenvalue weighted by atomic mass is 9.87. The minimum Gasteiger partial charge on any atom is -0.392 e. The Hall–Kier alpha value is -0.640. The van der Waals surface area contributed by atoms with Gasteiger partial charge in [-0.2, -0.15) is 0 Å². The monoisotopic (exact) mass is 405 g/mol. The number of rotatable bonds is 14. The molecule has 2 N–H and O–H groups in total. The summed E-state index contributed by atoms with van der Waals surface area (Å²) in [5.41, 5.74) is 1.02. The van der Waals surface area contributed by atoms with Crippen molar-refractivity contribution in [2.75, 3.05) is 19.6 Å². The number of unbranched alkanes of at least 4 members (excludes halogenated alkanes) is 3. The Morgan fingerprint density at radius 3 is 2.59 bits per heavy atom. The Morgan fingerprint density at radius 1 is 1.14 bits per heavy atom. The van der Waals surface area contributed by atoms with Crippen LogP contribution < -0.4 is 0 Å². The molecule has 2 aliphatic carbocycles. The van der Waals surface area contributed by atoms with Crippen LogP contribution >= 0.6 is 0 Å². The Bertz CT molecular complexity index is 521. The van der Waals surface area contributed by atoms with E-state index in [2.05, 4.69) is 43.9 Å². The fraction of sp³-hybridized carbons (Fsp3) is 0.846. The SMILES string of the molecule is CCCC[C@](C)(O)C/C=C/[C@@H]1[C@H]2CC(CCCCCN(CC)CC)=C[C@H]2C[C@H]1O. The molecule has 0 heterocycles. The maximum absolute atomic E-state index is 10.5. The second kappa shape index (κ2) is 12.3. The van der Waals surface area contributed by atoms with Gasteiger partial charge in [0.2, 0.25) is 0 Å². The molecule has 2 aliphatic rings. The number of aliphatic hydroxyl groups excluding tert-OH is 1. The molecule has 0 amide bonds. The van der Waals surface area contributed by atoms with Crippen molar-refractivity contribution < 1.29 is 10.2 Å². The topological polar surface area (TPSA) is 43.7 Å². The second-order valence-corrected chi connectivity index (χ2v) is 9.81. The third-order valence-electron chi connectivity index (χ3n) is 7.30. The van der Waals surface area contributed by atoms with Gasteiger partial charge >= 0.3 is 0 Å². The highest BCUT2D eigenvalue weighted by Gasteiger charge is 2.43. The molecule has 0 aromatic carbocycles. The third-order valence-corrected chi connectivity index (χ3v) is 7.30. The highest BCUT2D eigenvalue weighted by atomic mass is 16.3. The summed E-state index contributed by atoms with van der Waals surface area (Å²) in [6, 6.07) is 0. The van der Waals surface area contributed by atoms with Gasteiger partial charge in [0.1, 0.15) is 0 Å². The first-order valence-corrected chi connectivity index (χ1v) is 12.4. The van der Waals surface area contributed by atoms with Crippen molar-refractivity contribution >= 4 is 0 Å². The number of hydrogen-bond donors (Lipinski definition) is 2.